The van der Waals surface area contributed by atoms with Crippen molar-refractivity contribution in [2.24, 2.45) is 11.8 Å². The van der Waals surface area contributed by atoms with Crippen LogP contribution in [0.5, 0.6) is 0 Å². The highest BCUT2D eigenvalue weighted by molar-refractivity contribution is 6.66. The summed E-state index contributed by atoms with van der Waals surface area (Å²) in [4.78, 5) is 60.9. The molecule has 2 bridgehead atoms. The molecule has 2 fully saturated rings. The maximum Gasteiger partial charge on any atom is 0.273 e. The lowest BCUT2D eigenvalue weighted by molar-refractivity contribution is -0.384. The number of allylic oxidation sites excluding steroid dienone is 2. The van der Waals surface area contributed by atoms with Crippen LogP contribution in [0.2, 0.25) is 0 Å². The van der Waals surface area contributed by atoms with E-state index in [0.717, 1.165) is 12.1 Å². The van der Waals surface area contributed by atoms with Gasteiger partial charge in [-0.25, -0.2) is 5.01 Å². The normalized spacial score (nSPS) is 28.6. The third-order valence-electron chi connectivity index (χ3n) is 7.05. The van der Waals surface area contributed by atoms with Gasteiger partial charge in [-0.2, -0.15) is 5.01 Å². The number of nitrogens with zero attached hydrogens (tertiary/aromatic N) is 3. The minimum Gasteiger partial charge on any atom is -0.292 e. The van der Waals surface area contributed by atoms with E-state index in [-0.39, 0.29) is 21.2 Å². The van der Waals surface area contributed by atoms with Crippen LogP contribution in [0, 0.1) is 22.0 Å². The van der Waals surface area contributed by atoms with Crippen LogP contribution in [-0.4, -0.2) is 59.1 Å². The SMILES string of the molecule is O=C(CN(C(=O)c1cccc([N+](=O)[O-])c1)N1C(=O)[C@@H]2[C@H](C1=O)[C@@]1(Cl)C(Cl)=C(Cl)[C@@]2(Cl)C1(Cl)Cl)c1ccccc1. The Hall–Kier alpha value is -2.40. The molecule has 15 heteroatoms. The van der Waals surface area contributed by atoms with Gasteiger partial charge in [0.1, 0.15) is 16.3 Å². The number of amides is 3. The van der Waals surface area contributed by atoms with Crippen molar-refractivity contribution in [3.05, 3.63) is 85.9 Å². The van der Waals surface area contributed by atoms with E-state index in [2.05, 4.69) is 0 Å². The number of halogens is 6. The monoisotopic (exact) mass is 649 g/mol. The zero-order chi connectivity index (χ0) is 28.7. The van der Waals surface area contributed by atoms with E-state index in [1.807, 2.05) is 0 Å². The number of alkyl halides is 4. The van der Waals surface area contributed by atoms with Gasteiger partial charge in [-0.05, 0) is 6.07 Å². The number of Topliss-reactive ketones (excluding diaryl/α,β-unsaturated/α-hetero) is 1. The van der Waals surface area contributed by atoms with Gasteiger partial charge in [0.15, 0.2) is 10.1 Å². The fourth-order valence-corrected chi connectivity index (χ4v) is 8.13. The first-order valence-corrected chi connectivity index (χ1v) is 13.3. The molecule has 5 rings (SSSR count). The molecule has 1 saturated heterocycles. The van der Waals surface area contributed by atoms with Crippen LogP contribution in [0.4, 0.5) is 5.69 Å². The van der Waals surface area contributed by atoms with Crippen molar-refractivity contribution in [3.63, 3.8) is 0 Å². The molecule has 39 heavy (non-hydrogen) atoms. The van der Waals surface area contributed by atoms with Gasteiger partial charge in [-0.3, -0.25) is 29.3 Å². The molecule has 0 N–H and O–H groups in total. The summed E-state index contributed by atoms with van der Waals surface area (Å²) >= 11 is 39.2. The predicted octanol–water partition coefficient (Wildman–Crippen LogP) is 5.28. The number of carbonyl (C=O) groups is 4. The molecule has 2 aliphatic carbocycles. The molecular formula is C24H13Cl6N3O6. The summed E-state index contributed by atoms with van der Waals surface area (Å²) in [5.74, 6) is -6.93. The molecule has 3 amide bonds. The van der Waals surface area contributed by atoms with E-state index < -0.39 is 66.6 Å². The highest BCUT2D eigenvalue weighted by Gasteiger charge is 2.88. The average Bonchev–Trinajstić information content (AvgIpc) is 3.30. The van der Waals surface area contributed by atoms with Gasteiger partial charge >= 0.3 is 0 Å². The molecule has 0 spiro atoms. The Labute approximate surface area is 250 Å². The molecule has 1 heterocycles. The highest BCUT2D eigenvalue weighted by Crippen LogP contribution is 2.77. The number of hydrogen-bond donors (Lipinski definition) is 0. The number of nitro benzene ring substituents is 1. The van der Waals surface area contributed by atoms with Gasteiger partial charge in [-0.1, -0.05) is 82.8 Å². The second kappa shape index (κ2) is 9.33. The van der Waals surface area contributed by atoms with Crippen molar-refractivity contribution in [1.82, 2.24) is 10.0 Å². The van der Waals surface area contributed by atoms with Gasteiger partial charge in [0.2, 0.25) is 0 Å². The van der Waals surface area contributed by atoms with E-state index in [1.54, 1.807) is 18.2 Å². The van der Waals surface area contributed by atoms with Gasteiger partial charge in [0, 0.05) is 23.3 Å². The van der Waals surface area contributed by atoms with E-state index in [1.165, 1.54) is 24.3 Å². The molecule has 2 aromatic rings. The average molecular weight is 652 g/mol. The van der Waals surface area contributed by atoms with Crippen LogP contribution in [0.15, 0.2) is 64.7 Å². The lowest BCUT2D eigenvalue weighted by Crippen LogP contribution is -2.56. The summed E-state index contributed by atoms with van der Waals surface area (Å²) in [6.45, 7) is -0.797. The summed E-state index contributed by atoms with van der Waals surface area (Å²) in [7, 11) is 0. The van der Waals surface area contributed by atoms with Crippen molar-refractivity contribution < 1.29 is 24.1 Å². The Kier molecular flexibility index (Phi) is 6.73. The Morgan fingerprint density at radius 1 is 0.872 bits per heavy atom. The van der Waals surface area contributed by atoms with Crippen molar-refractivity contribution in [1.29, 1.82) is 0 Å². The fourth-order valence-electron chi connectivity index (χ4n) is 5.20. The predicted molar refractivity (Wildman–Crippen MR) is 144 cm³/mol. The zero-order valence-electron chi connectivity index (χ0n) is 19.1. The molecule has 0 unspecified atom stereocenters. The molecular weight excluding hydrogens is 639 g/mol. The summed E-state index contributed by atoms with van der Waals surface area (Å²) in [5, 5.41) is 11.7. The molecule has 4 atom stereocenters. The fraction of sp³-hybridized carbons (Fsp3) is 0.250. The number of benzene rings is 2. The summed E-state index contributed by atoms with van der Waals surface area (Å²) < 4.78 is -2.20. The Morgan fingerprint density at radius 2 is 1.38 bits per heavy atom. The maximum absolute atomic E-state index is 13.9. The van der Waals surface area contributed by atoms with Crippen molar-refractivity contribution in [3.8, 4) is 0 Å². The first-order valence-electron chi connectivity index (χ1n) is 11.0. The Balaban J connectivity index is 1.61. The number of hydrazine groups is 1. The number of ketones is 1. The molecule has 9 nitrogen and oxygen atoms in total. The third kappa shape index (κ3) is 3.60. The van der Waals surface area contributed by atoms with Crippen LogP contribution in [0.25, 0.3) is 0 Å². The molecule has 0 radical (unpaired) electrons. The maximum atomic E-state index is 13.9. The smallest absolute Gasteiger partial charge is 0.273 e. The van der Waals surface area contributed by atoms with Crippen LogP contribution < -0.4 is 0 Å². The van der Waals surface area contributed by atoms with E-state index in [9.17, 15) is 29.3 Å². The number of fused-ring (bicyclic) bond motifs is 5. The van der Waals surface area contributed by atoms with Crippen molar-refractivity contribution in [2.45, 2.75) is 14.1 Å². The summed E-state index contributed by atoms with van der Waals surface area (Å²) in [5.41, 5.74) is -0.532. The van der Waals surface area contributed by atoms with E-state index in [4.69, 9.17) is 69.6 Å². The third-order valence-corrected chi connectivity index (χ3v) is 11.3. The number of nitro groups is 1. The number of imide groups is 1. The lowest BCUT2D eigenvalue weighted by Gasteiger charge is -2.36. The molecule has 202 valence electrons. The van der Waals surface area contributed by atoms with Gasteiger partial charge in [-0.15, -0.1) is 23.2 Å². The first-order chi connectivity index (χ1) is 18.2. The van der Waals surface area contributed by atoms with E-state index >= 15 is 0 Å². The Morgan fingerprint density at radius 3 is 1.90 bits per heavy atom. The lowest BCUT2D eigenvalue weighted by atomic mass is 9.84. The highest BCUT2D eigenvalue weighted by atomic mass is 35.5. The molecule has 2 aromatic carbocycles. The quantitative estimate of drug-likeness (QED) is 0.138. The van der Waals surface area contributed by atoms with Crippen molar-refractivity contribution in [2.75, 3.05) is 6.54 Å². The molecule has 1 aliphatic heterocycles. The summed E-state index contributed by atoms with van der Waals surface area (Å²) in [6, 6.07) is 12.3. The van der Waals surface area contributed by atoms with Gasteiger partial charge in [0.25, 0.3) is 23.4 Å². The number of hydrogen-bond acceptors (Lipinski definition) is 6. The van der Waals surface area contributed by atoms with E-state index in [0.29, 0.717) is 10.0 Å². The first kappa shape index (κ1) is 28.1. The standard InChI is InChI=1S/C24H13Cl6N3O6/c25-17-18(26)23(28)16-15(22(17,27)24(23,29)30)20(36)32(21(16)37)31(10-14(34)11-5-2-1-3-6-11)19(35)12-7-4-8-13(9-12)33(38)39/h1-9,15-16H,10H2/t15-,16+,22-,23-/m1/s1. The summed E-state index contributed by atoms with van der Waals surface area (Å²) in [6.07, 6.45) is 0. The topological polar surface area (TPSA) is 118 Å². The second-order valence-corrected chi connectivity index (χ2v) is 12.3. The van der Waals surface area contributed by atoms with Crippen LogP contribution in [-0.2, 0) is 9.59 Å². The zero-order valence-corrected chi connectivity index (χ0v) is 23.7. The van der Waals surface area contributed by atoms with Crippen LogP contribution in [0.1, 0.15) is 20.7 Å². The molecule has 1 saturated carbocycles. The van der Waals surface area contributed by atoms with Crippen LogP contribution >= 0.6 is 69.6 Å². The number of rotatable bonds is 6. The van der Waals surface area contributed by atoms with Crippen LogP contribution in [0.3, 0.4) is 0 Å². The molecule has 0 aromatic heterocycles. The molecule has 3 aliphatic rings. The van der Waals surface area contributed by atoms with Gasteiger partial charge in [0.05, 0.1) is 26.8 Å². The number of carbonyl (C=O) groups excluding carboxylic acids is 4. The Bertz CT molecular complexity index is 1470. The largest absolute Gasteiger partial charge is 0.292 e. The van der Waals surface area contributed by atoms with Gasteiger partial charge < -0.3 is 0 Å². The second-order valence-electron chi connectivity index (χ2n) is 9.03. The number of non-ortho nitro benzene ring substituents is 1. The van der Waals surface area contributed by atoms with Crippen molar-refractivity contribution >= 4 is 98.8 Å². The minimum absolute atomic E-state index is 0.171. The minimum atomic E-state index is -2.20.